The van der Waals surface area contributed by atoms with E-state index in [9.17, 15) is 9.59 Å². The van der Waals surface area contributed by atoms with E-state index in [1.165, 1.54) is 0 Å². The molecule has 0 bridgehead atoms. The Morgan fingerprint density at radius 1 is 1.03 bits per heavy atom. The summed E-state index contributed by atoms with van der Waals surface area (Å²) >= 11 is 0. The fourth-order valence-electron chi connectivity index (χ4n) is 4.18. The maximum absolute atomic E-state index is 13.4. The summed E-state index contributed by atoms with van der Waals surface area (Å²) in [6, 6.07) is 12.9. The van der Waals surface area contributed by atoms with Crippen LogP contribution in [0.2, 0.25) is 0 Å². The van der Waals surface area contributed by atoms with E-state index in [2.05, 4.69) is 5.32 Å². The summed E-state index contributed by atoms with van der Waals surface area (Å²) in [7, 11) is 1.60. The van der Waals surface area contributed by atoms with Gasteiger partial charge in [0.05, 0.1) is 19.3 Å². The summed E-state index contributed by atoms with van der Waals surface area (Å²) in [6.45, 7) is 10.4. The van der Waals surface area contributed by atoms with Crippen molar-refractivity contribution >= 4 is 11.8 Å². The van der Waals surface area contributed by atoms with Crippen molar-refractivity contribution < 1.29 is 19.1 Å². The first-order valence-corrected chi connectivity index (χ1v) is 11.7. The molecule has 2 atom stereocenters. The SMILES string of the molecule is COc1cc(C(C)NC(=O)C2Cc3ccccc3CN2C(=O)CC(C)C)ccc1OC(C)C. The van der Waals surface area contributed by atoms with E-state index in [-0.39, 0.29) is 29.9 Å². The van der Waals surface area contributed by atoms with E-state index in [1.807, 2.05) is 77.1 Å². The molecule has 1 heterocycles. The van der Waals surface area contributed by atoms with Gasteiger partial charge in [-0.15, -0.1) is 0 Å². The van der Waals surface area contributed by atoms with Gasteiger partial charge < -0.3 is 19.7 Å². The monoisotopic (exact) mass is 452 g/mol. The maximum Gasteiger partial charge on any atom is 0.243 e. The number of nitrogens with zero attached hydrogens (tertiary/aromatic N) is 1. The first kappa shape index (κ1) is 24.6. The van der Waals surface area contributed by atoms with Crippen molar-refractivity contribution in [1.82, 2.24) is 10.2 Å². The molecule has 1 aliphatic rings. The lowest BCUT2D eigenvalue weighted by Crippen LogP contribution is -2.53. The van der Waals surface area contributed by atoms with Crippen LogP contribution in [0.15, 0.2) is 42.5 Å². The number of carbonyl (C=O) groups is 2. The molecule has 2 aromatic rings. The van der Waals surface area contributed by atoms with Gasteiger partial charge in [-0.3, -0.25) is 9.59 Å². The quantitative estimate of drug-likeness (QED) is 0.633. The van der Waals surface area contributed by atoms with Gasteiger partial charge in [-0.1, -0.05) is 44.2 Å². The lowest BCUT2D eigenvalue weighted by molar-refractivity contribution is -0.142. The zero-order valence-electron chi connectivity index (χ0n) is 20.6. The first-order chi connectivity index (χ1) is 15.7. The summed E-state index contributed by atoms with van der Waals surface area (Å²) in [5, 5.41) is 3.12. The Labute approximate surface area is 197 Å². The third kappa shape index (κ3) is 6.06. The average Bonchev–Trinajstić information content (AvgIpc) is 2.77. The van der Waals surface area contributed by atoms with Crippen LogP contribution in [0.5, 0.6) is 11.5 Å². The number of rotatable bonds is 8. The number of fused-ring (bicyclic) bond motifs is 1. The molecule has 3 rings (SSSR count). The molecule has 2 aromatic carbocycles. The molecule has 0 saturated heterocycles. The Morgan fingerprint density at radius 2 is 1.73 bits per heavy atom. The minimum absolute atomic E-state index is 0.0177. The van der Waals surface area contributed by atoms with E-state index < -0.39 is 6.04 Å². The van der Waals surface area contributed by atoms with Crippen LogP contribution < -0.4 is 14.8 Å². The molecule has 2 amide bonds. The summed E-state index contributed by atoms with van der Waals surface area (Å²) in [6.07, 6.45) is 0.976. The van der Waals surface area contributed by atoms with Crippen molar-refractivity contribution in [3.63, 3.8) is 0 Å². The topological polar surface area (TPSA) is 67.9 Å². The molecule has 33 heavy (non-hydrogen) atoms. The third-order valence-corrected chi connectivity index (χ3v) is 5.86. The molecule has 1 N–H and O–H groups in total. The molecule has 6 heteroatoms. The number of carbonyl (C=O) groups excluding carboxylic acids is 2. The molecule has 6 nitrogen and oxygen atoms in total. The molecule has 0 fully saturated rings. The van der Waals surface area contributed by atoms with Crippen molar-refractivity contribution in [2.24, 2.45) is 5.92 Å². The van der Waals surface area contributed by atoms with Crippen LogP contribution in [0.3, 0.4) is 0 Å². The number of hydrogen-bond acceptors (Lipinski definition) is 4. The van der Waals surface area contributed by atoms with Gasteiger partial charge in [0.1, 0.15) is 6.04 Å². The summed E-state index contributed by atoms with van der Waals surface area (Å²) in [5.41, 5.74) is 3.14. The minimum atomic E-state index is -0.529. The summed E-state index contributed by atoms with van der Waals surface area (Å²) in [4.78, 5) is 28.2. The van der Waals surface area contributed by atoms with Gasteiger partial charge in [-0.2, -0.15) is 0 Å². The Morgan fingerprint density at radius 3 is 2.36 bits per heavy atom. The van der Waals surface area contributed by atoms with E-state index in [4.69, 9.17) is 9.47 Å². The number of nitrogens with one attached hydrogen (secondary N) is 1. The van der Waals surface area contributed by atoms with E-state index in [1.54, 1.807) is 12.0 Å². The molecule has 0 saturated carbocycles. The van der Waals surface area contributed by atoms with Crippen LogP contribution >= 0.6 is 0 Å². The van der Waals surface area contributed by atoms with Crippen molar-refractivity contribution in [1.29, 1.82) is 0 Å². The van der Waals surface area contributed by atoms with Crippen molar-refractivity contribution in [3.8, 4) is 11.5 Å². The molecule has 2 unspecified atom stereocenters. The van der Waals surface area contributed by atoms with Gasteiger partial charge in [0.15, 0.2) is 11.5 Å². The number of ether oxygens (including phenoxy) is 2. The fourth-order valence-corrected chi connectivity index (χ4v) is 4.18. The standard InChI is InChI=1S/C27H36N2O4/c1-17(2)13-26(30)29-16-22-10-8-7-9-21(22)14-23(29)27(31)28-19(5)20-11-12-24(33-18(3)4)25(15-20)32-6/h7-12,15,17-19,23H,13-14,16H2,1-6H3,(H,28,31). The van der Waals surface area contributed by atoms with Crippen LogP contribution in [0.25, 0.3) is 0 Å². The van der Waals surface area contributed by atoms with Crippen LogP contribution in [-0.4, -0.2) is 36.0 Å². The van der Waals surface area contributed by atoms with Gasteiger partial charge in [0, 0.05) is 19.4 Å². The lowest BCUT2D eigenvalue weighted by atomic mass is 9.92. The highest BCUT2D eigenvalue weighted by atomic mass is 16.5. The lowest BCUT2D eigenvalue weighted by Gasteiger charge is -2.37. The Bertz CT molecular complexity index is 986. The zero-order valence-corrected chi connectivity index (χ0v) is 20.6. The van der Waals surface area contributed by atoms with Gasteiger partial charge in [-0.25, -0.2) is 0 Å². The molecule has 0 radical (unpaired) electrons. The van der Waals surface area contributed by atoms with Crippen molar-refractivity contribution in [2.75, 3.05) is 7.11 Å². The zero-order chi connectivity index (χ0) is 24.1. The van der Waals surface area contributed by atoms with E-state index in [0.717, 1.165) is 16.7 Å². The van der Waals surface area contributed by atoms with Crippen LogP contribution in [0.1, 0.15) is 63.8 Å². The predicted molar refractivity (Wildman–Crippen MR) is 129 cm³/mol. The average molecular weight is 453 g/mol. The van der Waals surface area contributed by atoms with Crippen LogP contribution in [0.4, 0.5) is 0 Å². The molecule has 178 valence electrons. The number of amides is 2. The van der Waals surface area contributed by atoms with Gasteiger partial charge in [0.2, 0.25) is 11.8 Å². The van der Waals surface area contributed by atoms with E-state index >= 15 is 0 Å². The second-order valence-corrected chi connectivity index (χ2v) is 9.42. The maximum atomic E-state index is 13.4. The van der Waals surface area contributed by atoms with Gasteiger partial charge in [0.25, 0.3) is 0 Å². The molecule has 0 spiro atoms. The Hall–Kier alpha value is -3.02. The minimum Gasteiger partial charge on any atom is -0.493 e. The largest absolute Gasteiger partial charge is 0.493 e. The molecule has 0 aliphatic carbocycles. The van der Waals surface area contributed by atoms with Crippen molar-refractivity contribution in [3.05, 3.63) is 59.2 Å². The number of methoxy groups -OCH3 is 1. The van der Waals surface area contributed by atoms with Gasteiger partial charge in [-0.05, 0) is 55.5 Å². The fraction of sp³-hybridized carbons (Fsp3) is 0.481. The molecule has 1 aliphatic heterocycles. The predicted octanol–water partition coefficient (Wildman–Crippen LogP) is 4.66. The second-order valence-electron chi connectivity index (χ2n) is 9.42. The second kappa shape index (κ2) is 10.7. The summed E-state index contributed by atoms with van der Waals surface area (Å²) in [5.74, 6) is 1.41. The highest BCUT2D eigenvalue weighted by molar-refractivity contribution is 5.88. The Balaban J connectivity index is 1.79. The van der Waals surface area contributed by atoms with Crippen LogP contribution in [-0.2, 0) is 22.6 Å². The molecule has 0 aromatic heterocycles. The number of benzene rings is 2. The first-order valence-electron chi connectivity index (χ1n) is 11.7. The molecular weight excluding hydrogens is 416 g/mol. The highest BCUT2D eigenvalue weighted by Gasteiger charge is 2.35. The number of hydrogen-bond donors (Lipinski definition) is 1. The van der Waals surface area contributed by atoms with Gasteiger partial charge >= 0.3 is 0 Å². The van der Waals surface area contributed by atoms with Crippen LogP contribution in [0, 0.1) is 5.92 Å². The molecular formula is C27H36N2O4. The summed E-state index contributed by atoms with van der Waals surface area (Å²) < 4.78 is 11.3. The highest BCUT2D eigenvalue weighted by Crippen LogP contribution is 2.31. The smallest absolute Gasteiger partial charge is 0.243 e. The normalized spacial score (nSPS) is 16.4. The Kier molecular flexibility index (Phi) is 8.01. The van der Waals surface area contributed by atoms with E-state index in [0.29, 0.717) is 30.9 Å². The van der Waals surface area contributed by atoms with Crippen molar-refractivity contribution in [2.45, 2.75) is 72.2 Å². The third-order valence-electron chi connectivity index (χ3n) is 5.86.